The van der Waals surface area contributed by atoms with Crippen LogP contribution in [0.4, 0.5) is 8.78 Å². The number of alkyl halides is 2. The summed E-state index contributed by atoms with van der Waals surface area (Å²) in [6.07, 6.45) is 3.39. The zero-order valence-corrected chi connectivity index (χ0v) is 21.2. The molecule has 0 spiro atoms. The fourth-order valence-corrected chi connectivity index (χ4v) is 4.04. The van der Waals surface area contributed by atoms with Crippen molar-refractivity contribution in [1.82, 2.24) is 10.2 Å². The van der Waals surface area contributed by atoms with Gasteiger partial charge in [0.05, 0.1) is 13.5 Å². The second-order valence-corrected chi connectivity index (χ2v) is 8.72. The summed E-state index contributed by atoms with van der Waals surface area (Å²) in [6.45, 7) is 2.91. The summed E-state index contributed by atoms with van der Waals surface area (Å²) in [6, 6.07) is 5.84. The summed E-state index contributed by atoms with van der Waals surface area (Å²) in [5.41, 5.74) is 2.01. The van der Waals surface area contributed by atoms with Crippen molar-refractivity contribution in [3.05, 3.63) is 70.9 Å². The number of hydrogen-bond donors (Lipinski definition) is 2. The van der Waals surface area contributed by atoms with Gasteiger partial charge in [-0.15, -0.1) is 0 Å². The Kier molecular flexibility index (Phi) is 9.46. The molecule has 200 valence electrons. The molecule has 2 aliphatic heterocycles. The minimum Gasteiger partial charge on any atom is -0.483 e. The number of dihydropyridines is 1. The van der Waals surface area contributed by atoms with Crippen molar-refractivity contribution < 1.29 is 37.7 Å². The van der Waals surface area contributed by atoms with Gasteiger partial charge in [0.2, 0.25) is 5.91 Å². The number of nitrogens with zero attached hydrogens (tertiary/aromatic N) is 1. The van der Waals surface area contributed by atoms with Gasteiger partial charge in [-0.1, -0.05) is 12.1 Å². The Balaban J connectivity index is 1.85. The first-order chi connectivity index (χ1) is 17.6. The van der Waals surface area contributed by atoms with E-state index in [0.717, 1.165) is 5.57 Å². The molecular weight excluding hydrogens is 486 g/mol. The first-order valence-electron chi connectivity index (χ1n) is 12.0. The van der Waals surface area contributed by atoms with E-state index in [1.165, 1.54) is 23.1 Å². The lowest BCUT2D eigenvalue weighted by atomic mass is 9.92. The van der Waals surface area contributed by atoms with Crippen LogP contribution in [-0.4, -0.2) is 54.7 Å². The summed E-state index contributed by atoms with van der Waals surface area (Å²) in [5.74, 6) is 0.476. The van der Waals surface area contributed by atoms with E-state index in [0.29, 0.717) is 55.5 Å². The SMILES string of the molecule is COC1=CC(CCC2=C(/C=C(\C)Oc3cccc(OC(C)(F)F)c3)CC(=O)N(CCCO)C2=O)=CCN1. The molecule has 0 radical (unpaired) electrons. The number of imide groups is 1. The molecule has 0 saturated heterocycles. The lowest BCUT2D eigenvalue weighted by Gasteiger charge is -2.28. The molecule has 1 aromatic rings. The largest absolute Gasteiger partial charge is 0.483 e. The number of aliphatic hydroxyl groups is 1. The Bertz CT molecular complexity index is 1130. The van der Waals surface area contributed by atoms with Crippen molar-refractivity contribution in [3.63, 3.8) is 0 Å². The maximum absolute atomic E-state index is 13.3. The van der Waals surface area contributed by atoms with E-state index in [2.05, 4.69) is 10.1 Å². The van der Waals surface area contributed by atoms with E-state index >= 15 is 0 Å². The Morgan fingerprint density at radius 2 is 2.00 bits per heavy atom. The zero-order chi connectivity index (χ0) is 27.0. The molecule has 0 saturated carbocycles. The van der Waals surface area contributed by atoms with Crippen molar-refractivity contribution in [2.24, 2.45) is 0 Å². The fourth-order valence-electron chi connectivity index (χ4n) is 4.04. The van der Waals surface area contributed by atoms with E-state index in [1.54, 1.807) is 26.2 Å². The minimum absolute atomic E-state index is 0.00181. The second-order valence-electron chi connectivity index (χ2n) is 8.72. The Morgan fingerprint density at radius 3 is 2.70 bits per heavy atom. The smallest absolute Gasteiger partial charge is 0.394 e. The number of rotatable bonds is 12. The number of aliphatic hydroxyl groups excluding tert-OH is 1. The van der Waals surface area contributed by atoms with Crippen molar-refractivity contribution >= 4 is 11.8 Å². The second kappa shape index (κ2) is 12.5. The number of benzene rings is 1. The highest BCUT2D eigenvalue weighted by atomic mass is 19.3. The molecule has 2 N–H and O–H groups in total. The quantitative estimate of drug-likeness (QED) is 0.316. The molecule has 3 rings (SSSR count). The summed E-state index contributed by atoms with van der Waals surface area (Å²) < 4.78 is 42.0. The molecule has 0 aromatic heterocycles. The number of nitrogens with one attached hydrogen (secondary N) is 1. The highest BCUT2D eigenvalue weighted by Crippen LogP contribution is 2.30. The third-order valence-electron chi connectivity index (χ3n) is 5.67. The van der Waals surface area contributed by atoms with Crippen LogP contribution in [-0.2, 0) is 14.3 Å². The molecule has 0 aliphatic carbocycles. The van der Waals surface area contributed by atoms with Crippen LogP contribution in [0.3, 0.4) is 0 Å². The molecule has 2 aliphatic rings. The molecule has 1 aromatic carbocycles. The van der Waals surface area contributed by atoms with Gasteiger partial charge in [-0.05, 0) is 55.5 Å². The maximum atomic E-state index is 13.3. The number of carbonyl (C=O) groups is 2. The first kappa shape index (κ1) is 27.9. The highest BCUT2D eigenvalue weighted by Gasteiger charge is 2.32. The van der Waals surface area contributed by atoms with E-state index < -0.39 is 12.0 Å². The van der Waals surface area contributed by atoms with Crippen LogP contribution in [0.1, 0.15) is 39.5 Å². The number of amides is 2. The maximum Gasteiger partial charge on any atom is 0.394 e. The Labute approximate surface area is 214 Å². The molecule has 2 amide bonds. The van der Waals surface area contributed by atoms with Gasteiger partial charge >= 0.3 is 6.11 Å². The van der Waals surface area contributed by atoms with E-state index in [9.17, 15) is 23.5 Å². The fraction of sp³-hybridized carbons (Fsp3) is 0.407. The topological polar surface area (TPSA) is 97.3 Å². The summed E-state index contributed by atoms with van der Waals surface area (Å²) in [5, 5.41) is 12.3. The van der Waals surface area contributed by atoms with Crippen LogP contribution >= 0.6 is 0 Å². The number of allylic oxidation sites excluding steroid dienone is 4. The van der Waals surface area contributed by atoms with Crippen LogP contribution in [0, 0.1) is 0 Å². The van der Waals surface area contributed by atoms with E-state index in [-0.39, 0.29) is 37.0 Å². The molecule has 0 bridgehead atoms. The zero-order valence-electron chi connectivity index (χ0n) is 21.2. The standard InChI is InChI=1S/C27H32F2N2O6/c1-18(36-21-6-4-7-22(17-21)37-27(2,28)29)14-20-16-25(33)31(12-5-13-32)26(34)23(20)9-8-19-10-11-30-24(15-19)35-3/h4,6-7,10,14-15,17,30,32H,5,8-9,11-13,16H2,1-3H3/b18-14+. The average molecular weight is 519 g/mol. The van der Waals surface area contributed by atoms with Crippen LogP contribution in [0.2, 0.25) is 0 Å². The van der Waals surface area contributed by atoms with Crippen LogP contribution in [0.25, 0.3) is 0 Å². The third-order valence-corrected chi connectivity index (χ3v) is 5.67. The number of hydrogen-bond acceptors (Lipinski definition) is 7. The highest BCUT2D eigenvalue weighted by molar-refractivity contribution is 6.09. The van der Waals surface area contributed by atoms with Gasteiger partial charge in [0.1, 0.15) is 17.3 Å². The Morgan fingerprint density at radius 1 is 1.24 bits per heavy atom. The Hall–Kier alpha value is -3.66. The minimum atomic E-state index is -3.34. The molecule has 2 heterocycles. The molecule has 8 nitrogen and oxygen atoms in total. The molecule has 0 atom stereocenters. The number of halogens is 2. The average Bonchev–Trinajstić information content (AvgIpc) is 2.83. The van der Waals surface area contributed by atoms with Crippen molar-refractivity contribution in [2.45, 2.75) is 45.6 Å². The van der Waals surface area contributed by atoms with E-state index in [1.807, 2.05) is 12.2 Å². The van der Waals surface area contributed by atoms with Gasteiger partial charge in [-0.2, -0.15) is 8.78 Å². The summed E-state index contributed by atoms with van der Waals surface area (Å²) in [7, 11) is 1.57. The molecule has 0 unspecified atom stereocenters. The summed E-state index contributed by atoms with van der Waals surface area (Å²) in [4.78, 5) is 27.2. The molecule has 10 heteroatoms. The normalized spacial score (nSPS) is 16.8. The number of ether oxygens (including phenoxy) is 3. The molecule has 0 fully saturated rings. The molecular formula is C27H32F2N2O6. The van der Waals surface area contributed by atoms with Gasteiger partial charge in [0, 0.05) is 44.3 Å². The monoisotopic (exact) mass is 518 g/mol. The summed E-state index contributed by atoms with van der Waals surface area (Å²) >= 11 is 0. The lowest BCUT2D eigenvalue weighted by Crippen LogP contribution is -2.42. The predicted octanol–water partition coefficient (Wildman–Crippen LogP) is 4.20. The lowest BCUT2D eigenvalue weighted by molar-refractivity contribution is -0.159. The number of methoxy groups -OCH3 is 1. The van der Waals surface area contributed by atoms with Gasteiger partial charge in [0.25, 0.3) is 5.91 Å². The van der Waals surface area contributed by atoms with Crippen molar-refractivity contribution in [2.75, 3.05) is 26.8 Å². The van der Waals surface area contributed by atoms with Gasteiger partial charge in [0.15, 0.2) is 5.88 Å². The van der Waals surface area contributed by atoms with E-state index in [4.69, 9.17) is 9.47 Å². The van der Waals surface area contributed by atoms with Crippen LogP contribution < -0.4 is 14.8 Å². The van der Waals surface area contributed by atoms with Gasteiger partial charge in [-0.3, -0.25) is 14.5 Å². The third kappa shape index (κ3) is 8.18. The van der Waals surface area contributed by atoms with Crippen molar-refractivity contribution in [1.29, 1.82) is 0 Å². The van der Waals surface area contributed by atoms with Crippen LogP contribution in [0.15, 0.2) is 70.9 Å². The first-order valence-corrected chi connectivity index (χ1v) is 12.0. The van der Waals surface area contributed by atoms with Gasteiger partial charge in [-0.25, -0.2) is 0 Å². The predicted molar refractivity (Wildman–Crippen MR) is 133 cm³/mol. The van der Waals surface area contributed by atoms with Crippen LogP contribution in [0.5, 0.6) is 11.5 Å². The van der Waals surface area contributed by atoms with Gasteiger partial charge < -0.3 is 24.6 Å². The van der Waals surface area contributed by atoms with Crippen molar-refractivity contribution in [3.8, 4) is 11.5 Å². The number of carbonyl (C=O) groups excluding carboxylic acids is 2. The molecule has 37 heavy (non-hydrogen) atoms.